The molecular weight excluding hydrogens is 340 g/mol. The minimum atomic E-state index is -0.153. The third kappa shape index (κ3) is 5.09. The van der Waals surface area contributed by atoms with Gasteiger partial charge in [0.2, 0.25) is 5.91 Å². The molecule has 2 aromatic rings. The zero-order valence-electron chi connectivity index (χ0n) is 15.7. The van der Waals surface area contributed by atoms with Crippen molar-refractivity contribution in [2.24, 2.45) is 0 Å². The molecule has 0 aliphatic carbocycles. The summed E-state index contributed by atoms with van der Waals surface area (Å²) in [5, 5.41) is 3.05. The first-order chi connectivity index (χ1) is 13.2. The van der Waals surface area contributed by atoms with Crippen molar-refractivity contribution in [3.8, 4) is 5.75 Å². The van der Waals surface area contributed by atoms with Gasteiger partial charge in [0.25, 0.3) is 5.91 Å². The molecule has 1 heterocycles. The Kier molecular flexibility index (Phi) is 6.47. The van der Waals surface area contributed by atoms with Gasteiger partial charge in [-0.05, 0) is 30.5 Å². The van der Waals surface area contributed by atoms with Crippen LogP contribution in [0.15, 0.2) is 54.6 Å². The summed E-state index contributed by atoms with van der Waals surface area (Å²) in [5.41, 5.74) is 1.92. The number of nitrogens with one attached hydrogen (secondary N) is 1. The van der Waals surface area contributed by atoms with E-state index in [1.54, 1.807) is 11.0 Å². The summed E-state index contributed by atoms with van der Waals surface area (Å²) in [6.45, 7) is 2.78. The average Bonchev–Trinajstić information content (AvgIpc) is 3.13. The van der Waals surface area contributed by atoms with Crippen molar-refractivity contribution in [3.05, 3.63) is 60.2 Å². The number of amides is 2. The number of rotatable bonds is 8. The Hall–Kier alpha value is -2.82. The zero-order valence-corrected chi connectivity index (χ0v) is 15.7. The van der Waals surface area contributed by atoms with E-state index in [1.807, 2.05) is 48.5 Å². The Bertz CT molecular complexity index is 776. The van der Waals surface area contributed by atoms with Gasteiger partial charge >= 0.3 is 0 Å². The quantitative estimate of drug-likeness (QED) is 0.772. The summed E-state index contributed by atoms with van der Waals surface area (Å²) < 4.78 is 5.67. The van der Waals surface area contributed by atoms with Crippen LogP contribution >= 0.6 is 0 Å². The highest BCUT2D eigenvalue weighted by Gasteiger charge is 2.22. The van der Waals surface area contributed by atoms with Gasteiger partial charge in [-0.3, -0.25) is 9.59 Å². The van der Waals surface area contributed by atoms with Crippen molar-refractivity contribution < 1.29 is 14.3 Å². The number of carbonyl (C=O) groups excluding carboxylic acids is 2. The van der Waals surface area contributed by atoms with Gasteiger partial charge in [0.1, 0.15) is 5.75 Å². The molecule has 1 atom stereocenters. The zero-order chi connectivity index (χ0) is 19.1. The van der Waals surface area contributed by atoms with Gasteiger partial charge in [0.05, 0.1) is 6.04 Å². The maximum Gasteiger partial charge on any atom is 0.258 e. The molecule has 2 aromatic carbocycles. The van der Waals surface area contributed by atoms with Crippen molar-refractivity contribution in [3.63, 3.8) is 0 Å². The molecule has 3 rings (SSSR count). The summed E-state index contributed by atoms with van der Waals surface area (Å²) >= 11 is 0. The molecule has 1 fully saturated rings. The highest BCUT2D eigenvalue weighted by atomic mass is 16.5. The summed E-state index contributed by atoms with van der Waals surface area (Å²) in [5.74, 6) is 0.573. The van der Waals surface area contributed by atoms with Gasteiger partial charge in [-0.25, -0.2) is 0 Å². The Labute approximate surface area is 160 Å². The highest BCUT2D eigenvalue weighted by molar-refractivity contribution is 5.95. The highest BCUT2D eigenvalue weighted by Crippen LogP contribution is 2.25. The lowest BCUT2D eigenvalue weighted by molar-refractivity contribution is -0.124. The summed E-state index contributed by atoms with van der Waals surface area (Å²) in [4.78, 5) is 26.0. The molecule has 0 saturated carbocycles. The van der Waals surface area contributed by atoms with Gasteiger partial charge in [0.15, 0.2) is 6.61 Å². The molecule has 5 nitrogen and oxygen atoms in total. The van der Waals surface area contributed by atoms with E-state index in [4.69, 9.17) is 4.74 Å². The van der Waals surface area contributed by atoms with Crippen LogP contribution in [0.5, 0.6) is 5.75 Å². The minimum Gasteiger partial charge on any atom is -0.484 e. The minimum absolute atomic E-state index is 0.0131. The van der Waals surface area contributed by atoms with Crippen LogP contribution in [0.2, 0.25) is 0 Å². The van der Waals surface area contributed by atoms with E-state index < -0.39 is 0 Å². The first kappa shape index (κ1) is 19.0. The van der Waals surface area contributed by atoms with E-state index in [2.05, 4.69) is 12.2 Å². The Balaban J connectivity index is 1.57. The summed E-state index contributed by atoms with van der Waals surface area (Å²) in [7, 11) is 0. The van der Waals surface area contributed by atoms with Crippen molar-refractivity contribution in [1.29, 1.82) is 0 Å². The molecule has 0 bridgehead atoms. The number of hydrogen-bond donors (Lipinski definition) is 1. The van der Waals surface area contributed by atoms with Gasteiger partial charge in [0, 0.05) is 24.7 Å². The largest absolute Gasteiger partial charge is 0.484 e. The normalized spacial score (nSPS) is 14.9. The molecule has 0 aromatic heterocycles. The lowest BCUT2D eigenvalue weighted by atomic mass is 10.0. The van der Waals surface area contributed by atoms with Crippen molar-refractivity contribution in [2.75, 3.05) is 18.1 Å². The molecule has 1 aliphatic heterocycles. The van der Waals surface area contributed by atoms with Crippen LogP contribution in [-0.4, -0.2) is 25.0 Å². The monoisotopic (exact) mass is 366 g/mol. The van der Waals surface area contributed by atoms with Gasteiger partial charge < -0.3 is 15.0 Å². The molecular formula is C22H26N2O3. The molecule has 1 saturated heterocycles. The number of ether oxygens (including phenoxy) is 1. The predicted octanol–water partition coefficient (Wildman–Crippen LogP) is 3.85. The Morgan fingerprint density at radius 1 is 1.19 bits per heavy atom. The van der Waals surface area contributed by atoms with E-state index in [1.165, 1.54) is 0 Å². The predicted molar refractivity (Wildman–Crippen MR) is 106 cm³/mol. The van der Waals surface area contributed by atoms with Crippen LogP contribution in [-0.2, 0) is 9.59 Å². The molecule has 0 radical (unpaired) electrons. The number of carbonyl (C=O) groups is 2. The molecule has 142 valence electrons. The number of hydrogen-bond acceptors (Lipinski definition) is 3. The molecule has 2 amide bonds. The molecule has 5 heteroatoms. The van der Waals surface area contributed by atoms with Gasteiger partial charge in [-0.1, -0.05) is 49.7 Å². The second-order valence-electron chi connectivity index (χ2n) is 6.75. The number of anilines is 1. The van der Waals surface area contributed by atoms with E-state index in [0.29, 0.717) is 12.2 Å². The third-order valence-electron chi connectivity index (χ3n) is 4.69. The fourth-order valence-corrected chi connectivity index (χ4v) is 3.34. The van der Waals surface area contributed by atoms with Crippen LogP contribution in [0, 0.1) is 0 Å². The van der Waals surface area contributed by atoms with Crippen LogP contribution < -0.4 is 15.0 Å². The van der Waals surface area contributed by atoms with Gasteiger partial charge in [-0.15, -0.1) is 0 Å². The maximum absolute atomic E-state index is 12.4. The standard InChI is InChI=1S/C22H26N2O3/c1-2-8-20(17-9-4-3-5-10-17)23-21(25)16-27-19-12-6-11-18(15-19)24-14-7-13-22(24)26/h3-6,9-12,15,20H,2,7-8,13-14,16H2,1H3,(H,23,25). The van der Waals surface area contributed by atoms with Crippen LogP contribution in [0.4, 0.5) is 5.69 Å². The second kappa shape index (κ2) is 9.21. The molecule has 1 aliphatic rings. The van der Waals surface area contributed by atoms with Crippen LogP contribution in [0.3, 0.4) is 0 Å². The Morgan fingerprint density at radius 2 is 2.00 bits per heavy atom. The van der Waals surface area contributed by atoms with Gasteiger partial charge in [-0.2, -0.15) is 0 Å². The smallest absolute Gasteiger partial charge is 0.258 e. The first-order valence-electron chi connectivity index (χ1n) is 9.55. The fourth-order valence-electron chi connectivity index (χ4n) is 3.34. The average molecular weight is 366 g/mol. The van der Waals surface area contributed by atoms with E-state index in [-0.39, 0.29) is 24.5 Å². The third-order valence-corrected chi connectivity index (χ3v) is 4.69. The van der Waals surface area contributed by atoms with Crippen LogP contribution in [0.1, 0.15) is 44.2 Å². The SMILES string of the molecule is CCCC(NC(=O)COc1cccc(N2CCCC2=O)c1)c1ccccc1. The molecule has 0 spiro atoms. The molecule has 1 N–H and O–H groups in total. The van der Waals surface area contributed by atoms with Crippen molar-refractivity contribution in [2.45, 2.75) is 38.6 Å². The maximum atomic E-state index is 12.4. The van der Waals surface area contributed by atoms with E-state index >= 15 is 0 Å². The topological polar surface area (TPSA) is 58.6 Å². The first-order valence-corrected chi connectivity index (χ1v) is 9.55. The van der Waals surface area contributed by atoms with Crippen molar-refractivity contribution in [1.82, 2.24) is 5.32 Å². The number of benzene rings is 2. The summed E-state index contributed by atoms with van der Waals surface area (Å²) in [6, 6.07) is 17.3. The van der Waals surface area contributed by atoms with Crippen molar-refractivity contribution >= 4 is 17.5 Å². The molecule has 1 unspecified atom stereocenters. The lowest BCUT2D eigenvalue weighted by Crippen LogP contribution is -2.32. The van der Waals surface area contributed by atoms with Crippen LogP contribution in [0.25, 0.3) is 0 Å². The van der Waals surface area contributed by atoms with E-state index in [0.717, 1.165) is 37.1 Å². The Morgan fingerprint density at radius 3 is 2.70 bits per heavy atom. The molecule has 27 heavy (non-hydrogen) atoms. The summed E-state index contributed by atoms with van der Waals surface area (Å²) in [6.07, 6.45) is 3.32. The second-order valence-corrected chi connectivity index (χ2v) is 6.75. The number of nitrogens with zero attached hydrogens (tertiary/aromatic N) is 1. The fraction of sp³-hybridized carbons (Fsp3) is 0.364. The van der Waals surface area contributed by atoms with E-state index in [9.17, 15) is 9.59 Å². The lowest BCUT2D eigenvalue weighted by Gasteiger charge is -2.19.